The molecule has 1 saturated heterocycles. The topological polar surface area (TPSA) is 77.7 Å². The molecule has 0 amide bonds. The highest BCUT2D eigenvalue weighted by atomic mass is 32.2. The predicted octanol–water partition coefficient (Wildman–Crippen LogP) is 3.12. The van der Waals surface area contributed by atoms with Gasteiger partial charge in [0.05, 0.1) is 32.8 Å². The Labute approximate surface area is 157 Å². The van der Waals surface area contributed by atoms with Crippen LogP contribution in [-0.2, 0) is 22.7 Å². The lowest BCUT2D eigenvalue weighted by atomic mass is 10.2. The Morgan fingerprint density at radius 1 is 1.19 bits per heavy atom. The van der Waals surface area contributed by atoms with Crippen molar-refractivity contribution in [1.82, 2.24) is 19.7 Å². The van der Waals surface area contributed by atoms with E-state index in [-0.39, 0.29) is 17.5 Å². The molecule has 4 rings (SSSR count). The molecular formula is C18H22N4O2S2. The zero-order valence-corrected chi connectivity index (χ0v) is 16.4. The second-order valence-electron chi connectivity index (χ2n) is 6.86. The monoisotopic (exact) mass is 390 g/mol. The molecule has 1 atom stereocenters. The fraction of sp³-hybridized carbons (Fsp3) is 0.500. The van der Waals surface area contributed by atoms with E-state index >= 15 is 0 Å². The summed E-state index contributed by atoms with van der Waals surface area (Å²) in [4.78, 5) is 9.20. The summed E-state index contributed by atoms with van der Waals surface area (Å²) in [5.74, 6) is 2.08. The lowest BCUT2D eigenvalue weighted by Crippen LogP contribution is -2.15. The van der Waals surface area contributed by atoms with Crippen molar-refractivity contribution in [2.75, 3.05) is 11.5 Å². The molecule has 1 aliphatic rings. The molecule has 1 unspecified atom stereocenters. The minimum Gasteiger partial charge on any atom is -0.246 e. The Morgan fingerprint density at radius 2 is 2.00 bits per heavy atom. The molecule has 3 aromatic rings. The van der Waals surface area contributed by atoms with Gasteiger partial charge in [-0.15, -0.1) is 11.3 Å². The summed E-state index contributed by atoms with van der Waals surface area (Å²) in [6, 6.07) is 8.17. The number of sulfone groups is 1. The third-order valence-corrected chi connectivity index (χ3v) is 7.59. The number of hydrogen-bond acceptors (Lipinski definition) is 6. The van der Waals surface area contributed by atoms with Gasteiger partial charge in [0, 0.05) is 6.42 Å². The van der Waals surface area contributed by atoms with Crippen molar-refractivity contribution in [3.8, 4) is 0 Å². The number of thiazole rings is 1. The first-order valence-electron chi connectivity index (χ1n) is 8.97. The van der Waals surface area contributed by atoms with Gasteiger partial charge in [-0.1, -0.05) is 12.1 Å². The van der Waals surface area contributed by atoms with Crippen LogP contribution in [0.25, 0.3) is 10.2 Å². The van der Waals surface area contributed by atoms with Crippen LogP contribution in [0.4, 0.5) is 0 Å². The van der Waals surface area contributed by atoms with Crippen LogP contribution in [-0.4, -0.2) is 39.7 Å². The Bertz CT molecular complexity index is 990. The Kier molecular flexibility index (Phi) is 4.79. The van der Waals surface area contributed by atoms with E-state index in [1.165, 1.54) is 9.71 Å². The number of aromatic nitrogens is 4. The van der Waals surface area contributed by atoms with Crippen LogP contribution in [0.3, 0.4) is 0 Å². The number of unbranched alkanes of at least 4 members (excludes halogenated alkanes) is 1. The highest BCUT2D eigenvalue weighted by Crippen LogP contribution is 2.25. The standard InChI is InChI=1S/C18H22N4O2S2/c1-13-19-17(22(21-13)14-10-11-26(23,24)12-14)8-4-5-9-18-20-15-6-2-3-7-16(15)25-18/h2-3,6-7,14H,4-5,8-12H2,1H3. The number of aryl methyl sites for hydroxylation is 3. The van der Waals surface area contributed by atoms with Gasteiger partial charge in [0.15, 0.2) is 9.84 Å². The van der Waals surface area contributed by atoms with E-state index in [1.807, 2.05) is 23.7 Å². The first-order chi connectivity index (χ1) is 12.5. The van der Waals surface area contributed by atoms with E-state index in [4.69, 9.17) is 0 Å². The number of benzene rings is 1. The lowest BCUT2D eigenvalue weighted by molar-refractivity contribution is 0.470. The van der Waals surface area contributed by atoms with Crippen molar-refractivity contribution in [1.29, 1.82) is 0 Å². The largest absolute Gasteiger partial charge is 0.246 e. The van der Waals surface area contributed by atoms with Crippen molar-refractivity contribution >= 4 is 31.4 Å². The van der Waals surface area contributed by atoms with Crippen molar-refractivity contribution in [3.63, 3.8) is 0 Å². The second kappa shape index (κ2) is 7.08. The summed E-state index contributed by atoms with van der Waals surface area (Å²) in [6.45, 7) is 1.87. The van der Waals surface area contributed by atoms with Crippen molar-refractivity contribution < 1.29 is 8.42 Å². The van der Waals surface area contributed by atoms with Gasteiger partial charge in [-0.25, -0.2) is 23.1 Å². The molecule has 3 heterocycles. The molecule has 1 aliphatic heterocycles. The molecule has 1 fully saturated rings. The number of nitrogens with zero attached hydrogens (tertiary/aromatic N) is 4. The molecule has 8 heteroatoms. The first-order valence-corrected chi connectivity index (χ1v) is 11.6. The van der Waals surface area contributed by atoms with Crippen LogP contribution in [0, 0.1) is 6.92 Å². The van der Waals surface area contributed by atoms with Crippen molar-refractivity contribution in [2.24, 2.45) is 0 Å². The van der Waals surface area contributed by atoms with Gasteiger partial charge >= 0.3 is 0 Å². The summed E-state index contributed by atoms with van der Waals surface area (Å²) in [5, 5.41) is 5.63. The lowest BCUT2D eigenvalue weighted by Gasteiger charge is -2.11. The van der Waals surface area contributed by atoms with Gasteiger partial charge in [0.25, 0.3) is 0 Å². The van der Waals surface area contributed by atoms with E-state index in [9.17, 15) is 8.42 Å². The summed E-state index contributed by atoms with van der Waals surface area (Å²) < 4.78 is 26.6. The maximum atomic E-state index is 11.8. The number of hydrogen-bond donors (Lipinski definition) is 0. The highest BCUT2D eigenvalue weighted by molar-refractivity contribution is 7.91. The smallest absolute Gasteiger partial charge is 0.152 e. The zero-order chi connectivity index (χ0) is 18.1. The van der Waals surface area contributed by atoms with Gasteiger partial charge in [0.2, 0.25) is 0 Å². The summed E-state index contributed by atoms with van der Waals surface area (Å²) in [6.07, 6.45) is 4.46. The summed E-state index contributed by atoms with van der Waals surface area (Å²) in [7, 11) is -2.92. The Balaban J connectivity index is 1.36. The van der Waals surface area contributed by atoms with Crippen LogP contribution >= 0.6 is 11.3 Å². The highest BCUT2D eigenvalue weighted by Gasteiger charge is 2.31. The Hall–Kier alpha value is -1.80. The molecule has 2 aromatic heterocycles. The van der Waals surface area contributed by atoms with E-state index < -0.39 is 9.84 Å². The normalized spacial score (nSPS) is 19.3. The number of para-hydroxylation sites is 1. The molecule has 0 spiro atoms. The van der Waals surface area contributed by atoms with Crippen molar-refractivity contribution in [3.05, 3.63) is 40.9 Å². The zero-order valence-electron chi connectivity index (χ0n) is 14.8. The minimum atomic E-state index is -2.92. The van der Waals surface area contributed by atoms with E-state index in [0.29, 0.717) is 6.42 Å². The van der Waals surface area contributed by atoms with Crippen LogP contribution < -0.4 is 0 Å². The third kappa shape index (κ3) is 3.81. The SMILES string of the molecule is Cc1nc(CCCCc2nc3ccccc3s2)n(C2CCS(=O)(=O)C2)n1. The molecular weight excluding hydrogens is 368 g/mol. The first kappa shape index (κ1) is 17.6. The van der Waals surface area contributed by atoms with Crippen LogP contribution in [0.2, 0.25) is 0 Å². The number of rotatable bonds is 6. The van der Waals surface area contributed by atoms with Gasteiger partial charge in [-0.2, -0.15) is 5.10 Å². The van der Waals surface area contributed by atoms with Crippen LogP contribution in [0.5, 0.6) is 0 Å². The van der Waals surface area contributed by atoms with Gasteiger partial charge < -0.3 is 0 Å². The predicted molar refractivity (Wildman–Crippen MR) is 103 cm³/mol. The van der Waals surface area contributed by atoms with E-state index in [0.717, 1.165) is 42.8 Å². The third-order valence-electron chi connectivity index (χ3n) is 4.74. The number of fused-ring (bicyclic) bond motifs is 1. The minimum absolute atomic E-state index is 0.0551. The molecule has 0 bridgehead atoms. The second-order valence-corrected chi connectivity index (χ2v) is 10.2. The maximum Gasteiger partial charge on any atom is 0.152 e. The average Bonchev–Trinajstić information content (AvgIpc) is 3.27. The van der Waals surface area contributed by atoms with Gasteiger partial charge in [-0.3, -0.25) is 0 Å². The molecule has 0 radical (unpaired) electrons. The summed E-state index contributed by atoms with van der Waals surface area (Å²) >= 11 is 1.76. The van der Waals surface area contributed by atoms with Gasteiger partial charge in [0.1, 0.15) is 11.6 Å². The maximum absolute atomic E-state index is 11.8. The van der Waals surface area contributed by atoms with Gasteiger partial charge in [-0.05, 0) is 44.7 Å². The van der Waals surface area contributed by atoms with Crippen LogP contribution in [0.15, 0.2) is 24.3 Å². The fourth-order valence-corrected chi connectivity index (χ4v) is 6.19. The van der Waals surface area contributed by atoms with E-state index in [1.54, 1.807) is 11.3 Å². The fourth-order valence-electron chi connectivity index (χ4n) is 3.49. The molecule has 26 heavy (non-hydrogen) atoms. The van der Waals surface area contributed by atoms with Crippen LogP contribution in [0.1, 0.15) is 42.0 Å². The van der Waals surface area contributed by atoms with E-state index in [2.05, 4.69) is 27.2 Å². The summed E-state index contributed by atoms with van der Waals surface area (Å²) in [5.41, 5.74) is 1.07. The van der Waals surface area contributed by atoms with Crippen molar-refractivity contribution in [2.45, 2.75) is 45.1 Å². The molecule has 0 saturated carbocycles. The molecule has 138 valence electrons. The quantitative estimate of drug-likeness (QED) is 0.604. The molecule has 0 aliphatic carbocycles. The molecule has 1 aromatic carbocycles. The molecule has 6 nitrogen and oxygen atoms in total. The average molecular weight is 391 g/mol. The molecule has 0 N–H and O–H groups in total. The Morgan fingerprint density at radius 3 is 2.77 bits per heavy atom.